The fraction of sp³-hybridized carbons (Fsp3) is 0.0625. The number of aromatic nitrogens is 3. The highest BCUT2D eigenvalue weighted by Gasteiger charge is 2.10. The van der Waals surface area contributed by atoms with Crippen molar-refractivity contribution in [2.75, 3.05) is 10.6 Å². The lowest BCUT2D eigenvalue weighted by Gasteiger charge is -2.09. The molecule has 0 radical (unpaired) electrons. The molecule has 2 aromatic carbocycles. The van der Waals surface area contributed by atoms with Crippen molar-refractivity contribution in [2.24, 2.45) is 0 Å². The van der Waals surface area contributed by atoms with E-state index in [1.807, 2.05) is 31.2 Å². The Balaban J connectivity index is 1.81. The number of anilines is 4. The van der Waals surface area contributed by atoms with E-state index in [9.17, 15) is 8.78 Å². The number of rotatable bonds is 4. The second-order valence-electron chi connectivity index (χ2n) is 4.88. The molecule has 3 aromatic rings. The van der Waals surface area contributed by atoms with Crippen LogP contribution in [0.4, 0.5) is 31.9 Å². The van der Waals surface area contributed by atoms with E-state index in [2.05, 4.69) is 25.8 Å². The number of para-hydroxylation sites is 1. The van der Waals surface area contributed by atoms with Gasteiger partial charge >= 0.3 is 0 Å². The summed E-state index contributed by atoms with van der Waals surface area (Å²) in [6, 6.07) is 11.2. The standard InChI is InChI=1S/C16H13F2N5/c1-10-5-7-11(8-6-10)20-16-22-14(9-19-23-16)21-15-12(17)3-2-4-13(15)18/h2-9H,1H3,(H2,20,21,22,23). The highest BCUT2D eigenvalue weighted by molar-refractivity contribution is 5.59. The molecule has 1 heterocycles. The Hall–Kier alpha value is -3.09. The Kier molecular flexibility index (Phi) is 4.09. The third-order valence-electron chi connectivity index (χ3n) is 3.08. The zero-order chi connectivity index (χ0) is 16.2. The molecule has 5 nitrogen and oxygen atoms in total. The van der Waals surface area contributed by atoms with Crippen LogP contribution in [0.2, 0.25) is 0 Å². The number of benzene rings is 2. The minimum Gasteiger partial charge on any atom is -0.334 e. The van der Waals surface area contributed by atoms with E-state index in [1.165, 1.54) is 12.3 Å². The molecule has 0 fully saturated rings. The zero-order valence-electron chi connectivity index (χ0n) is 12.2. The van der Waals surface area contributed by atoms with Gasteiger partial charge in [0.1, 0.15) is 17.3 Å². The van der Waals surface area contributed by atoms with Crippen LogP contribution in [0.5, 0.6) is 0 Å². The van der Waals surface area contributed by atoms with Crippen LogP contribution in [-0.4, -0.2) is 15.2 Å². The van der Waals surface area contributed by atoms with Crippen molar-refractivity contribution in [1.82, 2.24) is 15.2 Å². The summed E-state index contributed by atoms with van der Waals surface area (Å²) >= 11 is 0. The van der Waals surface area contributed by atoms with E-state index in [0.29, 0.717) is 0 Å². The summed E-state index contributed by atoms with van der Waals surface area (Å²) in [6.45, 7) is 1.98. The van der Waals surface area contributed by atoms with Crippen LogP contribution >= 0.6 is 0 Å². The third-order valence-corrected chi connectivity index (χ3v) is 3.08. The van der Waals surface area contributed by atoms with Gasteiger partial charge in [-0.3, -0.25) is 0 Å². The van der Waals surface area contributed by atoms with E-state index in [1.54, 1.807) is 0 Å². The minimum absolute atomic E-state index is 0.179. The molecule has 0 unspecified atom stereocenters. The summed E-state index contributed by atoms with van der Waals surface area (Å²) in [5.41, 5.74) is 1.63. The fourth-order valence-corrected chi connectivity index (χ4v) is 1.93. The van der Waals surface area contributed by atoms with Crippen LogP contribution in [0.15, 0.2) is 48.7 Å². The molecule has 0 saturated heterocycles. The van der Waals surface area contributed by atoms with Gasteiger partial charge in [-0.05, 0) is 31.2 Å². The van der Waals surface area contributed by atoms with Crippen LogP contribution in [0.3, 0.4) is 0 Å². The zero-order valence-corrected chi connectivity index (χ0v) is 12.2. The molecule has 0 spiro atoms. The van der Waals surface area contributed by atoms with Crippen LogP contribution in [0, 0.1) is 18.6 Å². The minimum atomic E-state index is -0.711. The van der Waals surface area contributed by atoms with Gasteiger partial charge in [0.05, 0.1) is 6.20 Å². The first-order valence-electron chi connectivity index (χ1n) is 6.86. The van der Waals surface area contributed by atoms with Crippen LogP contribution < -0.4 is 10.6 Å². The maximum Gasteiger partial charge on any atom is 0.249 e. The van der Waals surface area contributed by atoms with Gasteiger partial charge in [0, 0.05) is 5.69 Å². The van der Waals surface area contributed by atoms with Crippen molar-refractivity contribution in [2.45, 2.75) is 6.92 Å². The Morgan fingerprint density at radius 2 is 1.61 bits per heavy atom. The number of aryl methyl sites for hydroxylation is 1. The van der Waals surface area contributed by atoms with E-state index in [4.69, 9.17) is 0 Å². The topological polar surface area (TPSA) is 62.7 Å². The van der Waals surface area contributed by atoms with E-state index in [0.717, 1.165) is 23.4 Å². The SMILES string of the molecule is Cc1ccc(Nc2nncc(Nc3c(F)cccc3F)n2)cc1. The van der Waals surface area contributed by atoms with Crippen molar-refractivity contribution in [3.63, 3.8) is 0 Å². The summed E-state index contributed by atoms with van der Waals surface area (Å²) in [4.78, 5) is 4.14. The van der Waals surface area contributed by atoms with Gasteiger partial charge in [0.25, 0.3) is 0 Å². The van der Waals surface area contributed by atoms with Crippen molar-refractivity contribution in [1.29, 1.82) is 0 Å². The molecule has 3 rings (SSSR count). The largest absolute Gasteiger partial charge is 0.334 e. The van der Waals surface area contributed by atoms with Crippen molar-refractivity contribution < 1.29 is 8.78 Å². The lowest BCUT2D eigenvalue weighted by Crippen LogP contribution is -2.04. The molecular weight excluding hydrogens is 300 g/mol. The predicted molar refractivity (Wildman–Crippen MR) is 83.9 cm³/mol. The quantitative estimate of drug-likeness (QED) is 0.764. The van der Waals surface area contributed by atoms with Crippen LogP contribution in [0.1, 0.15) is 5.56 Å². The van der Waals surface area contributed by atoms with Crippen LogP contribution in [-0.2, 0) is 0 Å². The van der Waals surface area contributed by atoms with Crippen molar-refractivity contribution in [3.05, 3.63) is 65.9 Å². The average Bonchev–Trinajstić information content (AvgIpc) is 2.54. The van der Waals surface area contributed by atoms with Gasteiger partial charge < -0.3 is 10.6 Å². The first-order valence-corrected chi connectivity index (χ1v) is 6.86. The molecule has 2 N–H and O–H groups in total. The molecule has 7 heteroatoms. The monoisotopic (exact) mass is 313 g/mol. The Morgan fingerprint density at radius 3 is 2.30 bits per heavy atom. The van der Waals surface area contributed by atoms with Gasteiger partial charge in [0.2, 0.25) is 5.95 Å². The van der Waals surface area contributed by atoms with E-state index in [-0.39, 0.29) is 17.5 Å². The average molecular weight is 313 g/mol. The number of hydrogen-bond acceptors (Lipinski definition) is 5. The maximum atomic E-state index is 13.6. The predicted octanol–water partition coefficient (Wildman–Crippen LogP) is 3.95. The van der Waals surface area contributed by atoms with Crippen LogP contribution in [0.25, 0.3) is 0 Å². The molecular formula is C16H13F2N5. The third kappa shape index (κ3) is 3.57. The summed E-state index contributed by atoms with van der Waals surface area (Å²) in [5.74, 6) is -1.03. The molecule has 0 amide bonds. The maximum absolute atomic E-state index is 13.6. The van der Waals surface area contributed by atoms with Gasteiger partial charge in [-0.15, -0.1) is 5.10 Å². The highest BCUT2D eigenvalue weighted by Crippen LogP contribution is 2.22. The summed E-state index contributed by atoms with van der Waals surface area (Å²) in [6.07, 6.45) is 1.28. The van der Waals surface area contributed by atoms with Gasteiger partial charge in [-0.2, -0.15) is 10.1 Å². The van der Waals surface area contributed by atoms with Gasteiger partial charge in [0.15, 0.2) is 5.82 Å². The lowest BCUT2D eigenvalue weighted by molar-refractivity contribution is 0.590. The number of nitrogens with one attached hydrogen (secondary N) is 2. The fourth-order valence-electron chi connectivity index (χ4n) is 1.93. The molecule has 23 heavy (non-hydrogen) atoms. The van der Waals surface area contributed by atoms with Gasteiger partial charge in [-0.25, -0.2) is 8.78 Å². The normalized spacial score (nSPS) is 10.4. The van der Waals surface area contributed by atoms with Crippen molar-refractivity contribution in [3.8, 4) is 0 Å². The van der Waals surface area contributed by atoms with E-state index >= 15 is 0 Å². The second kappa shape index (κ2) is 6.35. The van der Waals surface area contributed by atoms with E-state index < -0.39 is 11.6 Å². The summed E-state index contributed by atoms with van der Waals surface area (Å²) < 4.78 is 27.3. The molecule has 0 bridgehead atoms. The Morgan fingerprint density at radius 1 is 0.913 bits per heavy atom. The molecule has 116 valence electrons. The summed E-state index contributed by atoms with van der Waals surface area (Å²) in [5, 5.41) is 13.2. The smallest absolute Gasteiger partial charge is 0.249 e. The molecule has 0 saturated carbocycles. The second-order valence-corrected chi connectivity index (χ2v) is 4.88. The summed E-state index contributed by atoms with van der Waals surface area (Å²) in [7, 11) is 0. The highest BCUT2D eigenvalue weighted by atomic mass is 19.1. The van der Waals surface area contributed by atoms with Gasteiger partial charge in [-0.1, -0.05) is 23.8 Å². The molecule has 1 aromatic heterocycles. The lowest BCUT2D eigenvalue weighted by atomic mass is 10.2. The Bertz CT molecular complexity index is 801. The molecule has 0 atom stereocenters. The molecule has 0 aliphatic carbocycles. The van der Waals surface area contributed by atoms with Crippen molar-refractivity contribution >= 4 is 23.1 Å². The first kappa shape index (κ1) is 14.8. The number of nitrogens with zero attached hydrogens (tertiary/aromatic N) is 3. The first-order chi connectivity index (χ1) is 11.1. The number of halogens is 2. The molecule has 0 aliphatic rings. The number of hydrogen-bond donors (Lipinski definition) is 2. The Labute approximate surface area is 131 Å². The molecule has 0 aliphatic heterocycles.